The molecule has 0 spiro atoms. The summed E-state index contributed by atoms with van der Waals surface area (Å²) in [5, 5.41) is 2.02. The molecule has 1 amide bonds. The van der Waals surface area contributed by atoms with Crippen LogP contribution < -0.4 is 11.1 Å². The minimum atomic E-state index is -0.592. The van der Waals surface area contributed by atoms with Crippen molar-refractivity contribution >= 4 is 29.0 Å². The molecular weight excluding hydrogens is 228 g/mol. The number of carbonyl (C=O) groups excluding carboxylic acids is 2. The van der Waals surface area contributed by atoms with Crippen molar-refractivity contribution in [3.63, 3.8) is 0 Å². The van der Waals surface area contributed by atoms with Gasteiger partial charge in [-0.15, -0.1) is 11.6 Å². The van der Waals surface area contributed by atoms with Crippen molar-refractivity contribution in [2.24, 2.45) is 5.73 Å². The maximum Gasteiger partial charge on any atom is 0.242 e. The number of amides is 1. The molecule has 0 saturated heterocycles. The van der Waals surface area contributed by atoms with E-state index < -0.39 is 5.38 Å². The molecule has 5 heteroatoms. The van der Waals surface area contributed by atoms with Crippen LogP contribution in [0.2, 0.25) is 0 Å². The Labute approximate surface area is 98.8 Å². The van der Waals surface area contributed by atoms with Gasteiger partial charge in [-0.3, -0.25) is 9.59 Å². The summed E-state index contributed by atoms with van der Waals surface area (Å²) in [5.41, 5.74) is 6.36. The average Bonchev–Trinajstić information content (AvgIpc) is 2.28. The molecule has 0 radical (unpaired) electrons. The zero-order chi connectivity index (χ0) is 12.1. The van der Waals surface area contributed by atoms with Gasteiger partial charge >= 0.3 is 0 Å². The Bertz CT molecular complexity index is 387. The number of rotatable bonds is 4. The summed E-state index contributed by atoms with van der Waals surface area (Å²) in [7, 11) is 0. The predicted molar refractivity (Wildman–Crippen MR) is 63.8 cm³/mol. The maximum absolute atomic E-state index is 11.3. The summed E-state index contributed by atoms with van der Waals surface area (Å²) in [6, 6.07) is 6.51. The Morgan fingerprint density at radius 1 is 1.38 bits per heavy atom. The molecule has 86 valence electrons. The average molecular weight is 241 g/mol. The number of hydrogen-bond acceptors (Lipinski definition) is 3. The third-order valence-electron chi connectivity index (χ3n) is 2.02. The quantitative estimate of drug-likeness (QED) is 0.617. The Balaban J connectivity index is 2.72. The lowest BCUT2D eigenvalue weighted by Crippen LogP contribution is -2.20. The van der Waals surface area contributed by atoms with Crippen LogP contribution in [0.15, 0.2) is 24.3 Å². The molecule has 4 nitrogen and oxygen atoms in total. The fourth-order valence-electron chi connectivity index (χ4n) is 1.10. The molecule has 1 unspecified atom stereocenters. The summed E-state index contributed by atoms with van der Waals surface area (Å²) < 4.78 is 0. The van der Waals surface area contributed by atoms with Gasteiger partial charge in [-0.2, -0.15) is 0 Å². The third kappa shape index (κ3) is 3.32. The molecule has 1 aromatic rings. The van der Waals surface area contributed by atoms with E-state index in [1.54, 1.807) is 31.2 Å². The van der Waals surface area contributed by atoms with E-state index in [1.807, 2.05) is 0 Å². The van der Waals surface area contributed by atoms with Crippen LogP contribution in [0.4, 0.5) is 5.69 Å². The molecule has 0 aliphatic carbocycles. The molecule has 1 atom stereocenters. The maximum atomic E-state index is 11.3. The largest absolute Gasteiger partial charge is 0.325 e. The molecule has 1 rings (SSSR count). The Hall–Kier alpha value is -1.39. The van der Waals surface area contributed by atoms with E-state index in [4.69, 9.17) is 17.3 Å². The zero-order valence-electron chi connectivity index (χ0n) is 8.87. The first kappa shape index (κ1) is 12.7. The van der Waals surface area contributed by atoms with Crippen LogP contribution in [0.3, 0.4) is 0 Å². The standard InChI is InChI=1S/C11H13ClN2O2/c1-7(12)11(16)14-9-4-2-8(3-5-9)10(15)6-13/h2-5,7H,6,13H2,1H3,(H,14,16). The van der Waals surface area contributed by atoms with E-state index in [-0.39, 0.29) is 18.2 Å². The minimum Gasteiger partial charge on any atom is -0.325 e. The predicted octanol–water partition coefficient (Wildman–Crippen LogP) is 1.39. The van der Waals surface area contributed by atoms with Crippen molar-refractivity contribution in [3.05, 3.63) is 29.8 Å². The van der Waals surface area contributed by atoms with Crippen LogP contribution in [0, 0.1) is 0 Å². The number of benzene rings is 1. The van der Waals surface area contributed by atoms with E-state index in [9.17, 15) is 9.59 Å². The molecule has 0 saturated carbocycles. The fraction of sp³-hybridized carbons (Fsp3) is 0.273. The number of carbonyl (C=O) groups is 2. The number of anilines is 1. The number of hydrogen-bond donors (Lipinski definition) is 2. The van der Waals surface area contributed by atoms with Gasteiger partial charge in [0.15, 0.2) is 5.78 Å². The third-order valence-corrected chi connectivity index (χ3v) is 2.22. The molecular formula is C11H13ClN2O2. The van der Waals surface area contributed by atoms with E-state index in [2.05, 4.69) is 5.32 Å². The fourth-order valence-corrected chi connectivity index (χ4v) is 1.15. The number of ketones is 1. The second-order valence-electron chi connectivity index (χ2n) is 3.31. The lowest BCUT2D eigenvalue weighted by Gasteiger charge is -2.06. The van der Waals surface area contributed by atoms with E-state index >= 15 is 0 Å². The van der Waals surface area contributed by atoms with Gasteiger partial charge in [-0.1, -0.05) is 0 Å². The Morgan fingerprint density at radius 2 is 1.94 bits per heavy atom. The highest BCUT2D eigenvalue weighted by Crippen LogP contribution is 2.11. The second-order valence-corrected chi connectivity index (χ2v) is 3.96. The van der Waals surface area contributed by atoms with Crippen LogP contribution >= 0.6 is 11.6 Å². The van der Waals surface area contributed by atoms with Crippen molar-refractivity contribution in [1.29, 1.82) is 0 Å². The van der Waals surface area contributed by atoms with Gasteiger partial charge in [0, 0.05) is 11.3 Å². The molecule has 0 aliphatic rings. The normalized spacial score (nSPS) is 11.9. The van der Waals surface area contributed by atoms with Gasteiger partial charge in [0.1, 0.15) is 5.38 Å². The van der Waals surface area contributed by atoms with Gasteiger partial charge < -0.3 is 11.1 Å². The van der Waals surface area contributed by atoms with Crippen LogP contribution in [0.25, 0.3) is 0 Å². The molecule has 16 heavy (non-hydrogen) atoms. The first-order valence-electron chi connectivity index (χ1n) is 4.83. The molecule has 0 aliphatic heterocycles. The van der Waals surface area contributed by atoms with Crippen molar-refractivity contribution in [2.45, 2.75) is 12.3 Å². The lowest BCUT2D eigenvalue weighted by atomic mass is 10.1. The molecule has 0 heterocycles. The Kier molecular flexibility index (Phi) is 4.46. The smallest absolute Gasteiger partial charge is 0.242 e. The van der Waals surface area contributed by atoms with Crippen molar-refractivity contribution in [2.75, 3.05) is 11.9 Å². The minimum absolute atomic E-state index is 0.0234. The highest BCUT2D eigenvalue weighted by atomic mass is 35.5. The van der Waals surface area contributed by atoms with Gasteiger partial charge in [0.05, 0.1) is 6.54 Å². The van der Waals surface area contributed by atoms with Crippen LogP contribution in [-0.4, -0.2) is 23.6 Å². The van der Waals surface area contributed by atoms with Gasteiger partial charge in [0.25, 0.3) is 0 Å². The number of nitrogens with one attached hydrogen (secondary N) is 1. The monoisotopic (exact) mass is 240 g/mol. The van der Waals surface area contributed by atoms with Crippen molar-refractivity contribution in [1.82, 2.24) is 0 Å². The molecule has 1 aromatic carbocycles. The zero-order valence-corrected chi connectivity index (χ0v) is 9.62. The summed E-state index contributed by atoms with van der Waals surface area (Å²) in [4.78, 5) is 22.5. The Morgan fingerprint density at radius 3 is 2.38 bits per heavy atom. The van der Waals surface area contributed by atoms with Crippen molar-refractivity contribution in [3.8, 4) is 0 Å². The van der Waals surface area contributed by atoms with Gasteiger partial charge in [0.2, 0.25) is 5.91 Å². The molecule has 0 bridgehead atoms. The first-order valence-corrected chi connectivity index (χ1v) is 5.26. The second kappa shape index (κ2) is 5.63. The van der Waals surface area contributed by atoms with Gasteiger partial charge in [-0.05, 0) is 31.2 Å². The van der Waals surface area contributed by atoms with Gasteiger partial charge in [-0.25, -0.2) is 0 Å². The SMILES string of the molecule is CC(Cl)C(=O)Nc1ccc(C(=O)CN)cc1. The topological polar surface area (TPSA) is 72.2 Å². The van der Waals surface area contributed by atoms with Crippen LogP contribution in [-0.2, 0) is 4.79 Å². The summed E-state index contributed by atoms with van der Waals surface area (Å²) >= 11 is 5.60. The summed E-state index contributed by atoms with van der Waals surface area (Å²) in [5.74, 6) is -0.414. The summed E-state index contributed by atoms with van der Waals surface area (Å²) in [6.07, 6.45) is 0. The molecule has 0 fully saturated rings. The van der Waals surface area contributed by atoms with E-state index in [1.165, 1.54) is 0 Å². The summed E-state index contributed by atoms with van der Waals surface area (Å²) in [6.45, 7) is 1.56. The highest BCUT2D eigenvalue weighted by Gasteiger charge is 2.09. The lowest BCUT2D eigenvalue weighted by molar-refractivity contribution is -0.115. The number of nitrogens with two attached hydrogens (primary N) is 1. The first-order chi connectivity index (χ1) is 7.54. The number of halogens is 1. The van der Waals surface area contributed by atoms with E-state index in [0.717, 1.165) is 0 Å². The van der Waals surface area contributed by atoms with Crippen LogP contribution in [0.1, 0.15) is 17.3 Å². The van der Waals surface area contributed by atoms with Crippen LogP contribution in [0.5, 0.6) is 0 Å². The highest BCUT2D eigenvalue weighted by molar-refractivity contribution is 6.32. The number of Topliss-reactive ketones (excluding diaryl/α,β-unsaturated/α-hetero) is 1. The van der Waals surface area contributed by atoms with E-state index in [0.29, 0.717) is 11.3 Å². The number of alkyl halides is 1. The molecule has 0 aromatic heterocycles. The molecule has 3 N–H and O–H groups in total. The van der Waals surface area contributed by atoms with Crippen molar-refractivity contribution < 1.29 is 9.59 Å².